The molecule has 0 radical (unpaired) electrons. The number of ether oxygens (including phenoxy) is 2. The van der Waals surface area contributed by atoms with Crippen molar-refractivity contribution in [3.8, 4) is 0 Å². The summed E-state index contributed by atoms with van der Waals surface area (Å²) in [5.74, 6) is 0.686. The van der Waals surface area contributed by atoms with Crippen molar-refractivity contribution in [2.24, 2.45) is 0 Å². The monoisotopic (exact) mass is 225 g/mol. The third kappa shape index (κ3) is 2.96. The van der Waals surface area contributed by atoms with E-state index in [9.17, 15) is 0 Å². The third-order valence-corrected chi connectivity index (χ3v) is 2.68. The smallest absolute Gasteiger partial charge is 0.157 e. The van der Waals surface area contributed by atoms with Gasteiger partial charge in [0.2, 0.25) is 0 Å². The molecule has 1 fully saturated rings. The minimum absolute atomic E-state index is 0.0355. The van der Waals surface area contributed by atoms with Crippen molar-refractivity contribution in [2.45, 2.75) is 39.0 Å². The van der Waals surface area contributed by atoms with Crippen molar-refractivity contribution in [1.82, 2.24) is 9.78 Å². The van der Waals surface area contributed by atoms with Crippen LogP contribution in [0.1, 0.15) is 25.0 Å². The minimum Gasteiger partial charge on any atom is -0.384 e. The zero-order chi connectivity index (χ0) is 11.4. The first-order valence-corrected chi connectivity index (χ1v) is 5.79. The van der Waals surface area contributed by atoms with Crippen LogP contribution in [0.3, 0.4) is 0 Å². The normalized spacial score (nSPS) is 21.2. The van der Waals surface area contributed by atoms with E-state index in [2.05, 4.69) is 5.10 Å². The molecule has 1 aromatic rings. The van der Waals surface area contributed by atoms with Crippen LogP contribution in [-0.4, -0.2) is 29.3 Å². The summed E-state index contributed by atoms with van der Waals surface area (Å²) in [6.07, 6.45) is 3.29. The Balaban J connectivity index is 1.73. The van der Waals surface area contributed by atoms with E-state index in [4.69, 9.17) is 15.2 Å². The summed E-state index contributed by atoms with van der Waals surface area (Å²) in [5.41, 5.74) is 6.71. The molecule has 2 rings (SSSR count). The van der Waals surface area contributed by atoms with Crippen LogP contribution in [0.5, 0.6) is 0 Å². The van der Waals surface area contributed by atoms with Crippen LogP contribution in [-0.2, 0) is 16.0 Å². The number of nitrogen functional groups attached to an aromatic ring is 1. The molecular formula is C11H19N3O2. The van der Waals surface area contributed by atoms with Crippen molar-refractivity contribution in [3.63, 3.8) is 0 Å². The topological polar surface area (TPSA) is 62.3 Å². The first-order chi connectivity index (χ1) is 7.75. The zero-order valence-electron chi connectivity index (χ0n) is 9.69. The molecule has 0 spiro atoms. The van der Waals surface area contributed by atoms with Crippen LogP contribution in [0.4, 0.5) is 5.82 Å². The van der Waals surface area contributed by atoms with Gasteiger partial charge in [-0.05, 0) is 26.2 Å². The maximum Gasteiger partial charge on any atom is 0.157 e. The zero-order valence-corrected chi connectivity index (χ0v) is 9.69. The van der Waals surface area contributed by atoms with Crippen LogP contribution in [0, 0.1) is 6.92 Å². The number of anilines is 1. The van der Waals surface area contributed by atoms with Crippen LogP contribution in [0.25, 0.3) is 0 Å². The molecule has 2 heterocycles. The quantitative estimate of drug-likeness (QED) is 0.839. The van der Waals surface area contributed by atoms with E-state index in [1.807, 2.05) is 13.0 Å². The SMILES string of the molecule is Cc1cc(N)n(CCO[C@@H]2CCCCO2)n1. The molecule has 0 unspecified atom stereocenters. The lowest BCUT2D eigenvalue weighted by Crippen LogP contribution is -2.24. The van der Waals surface area contributed by atoms with E-state index < -0.39 is 0 Å². The molecule has 1 saturated heterocycles. The summed E-state index contributed by atoms with van der Waals surface area (Å²) in [4.78, 5) is 0. The van der Waals surface area contributed by atoms with Gasteiger partial charge in [0.1, 0.15) is 5.82 Å². The maximum atomic E-state index is 5.77. The fourth-order valence-electron chi connectivity index (χ4n) is 1.86. The molecule has 0 saturated carbocycles. The lowest BCUT2D eigenvalue weighted by molar-refractivity contribution is -0.163. The molecule has 0 bridgehead atoms. The molecule has 16 heavy (non-hydrogen) atoms. The Morgan fingerprint density at radius 1 is 1.62 bits per heavy atom. The number of hydrogen-bond donors (Lipinski definition) is 1. The average molecular weight is 225 g/mol. The van der Waals surface area contributed by atoms with Crippen molar-refractivity contribution in [2.75, 3.05) is 18.9 Å². The maximum absolute atomic E-state index is 5.77. The first kappa shape index (κ1) is 11.4. The Hall–Kier alpha value is -1.07. The second-order valence-corrected chi connectivity index (χ2v) is 4.10. The molecule has 1 aliphatic heterocycles. The molecule has 2 N–H and O–H groups in total. The van der Waals surface area contributed by atoms with E-state index in [0.29, 0.717) is 19.0 Å². The number of aromatic nitrogens is 2. The van der Waals surface area contributed by atoms with Crippen molar-refractivity contribution in [1.29, 1.82) is 0 Å². The summed E-state index contributed by atoms with van der Waals surface area (Å²) in [5, 5.41) is 4.26. The lowest BCUT2D eigenvalue weighted by atomic mass is 10.2. The number of rotatable bonds is 4. The molecule has 5 nitrogen and oxygen atoms in total. The summed E-state index contributed by atoms with van der Waals surface area (Å²) in [6.45, 7) is 4.02. The second kappa shape index (κ2) is 5.32. The average Bonchev–Trinajstić information content (AvgIpc) is 2.59. The van der Waals surface area contributed by atoms with Gasteiger partial charge >= 0.3 is 0 Å². The highest BCUT2D eigenvalue weighted by atomic mass is 16.7. The highest BCUT2D eigenvalue weighted by molar-refractivity contribution is 5.29. The van der Waals surface area contributed by atoms with Gasteiger partial charge in [-0.15, -0.1) is 0 Å². The standard InChI is InChI=1S/C11H19N3O2/c1-9-8-10(12)14(13-9)5-7-16-11-4-2-3-6-15-11/h8,11H,2-7,12H2,1H3/t11-/m1/s1. The number of aryl methyl sites for hydroxylation is 1. The van der Waals surface area contributed by atoms with Gasteiger partial charge in [-0.3, -0.25) is 0 Å². The van der Waals surface area contributed by atoms with Crippen LogP contribution >= 0.6 is 0 Å². The number of nitrogens with zero attached hydrogens (tertiary/aromatic N) is 2. The largest absolute Gasteiger partial charge is 0.384 e. The van der Waals surface area contributed by atoms with Gasteiger partial charge in [0.05, 0.1) is 18.8 Å². The second-order valence-electron chi connectivity index (χ2n) is 4.10. The fourth-order valence-corrected chi connectivity index (χ4v) is 1.86. The Kier molecular flexibility index (Phi) is 3.79. The molecule has 5 heteroatoms. The van der Waals surface area contributed by atoms with E-state index in [-0.39, 0.29) is 6.29 Å². The summed E-state index contributed by atoms with van der Waals surface area (Å²) >= 11 is 0. The molecule has 90 valence electrons. The minimum atomic E-state index is -0.0355. The third-order valence-electron chi connectivity index (χ3n) is 2.68. The van der Waals surface area contributed by atoms with Crippen LogP contribution in [0.2, 0.25) is 0 Å². The Morgan fingerprint density at radius 2 is 2.50 bits per heavy atom. The van der Waals surface area contributed by atoms with Gasteiger partial charge in [-0.25, -0.2) is 4.68 Å². The molecule has 0 aromatic carbocycles. The predicted octanol–water partition coefficient (Wildman–Crippen LogP) is 1.32. The van der Waals surface area contributed by atoms with Crippen molar-refractivity contribution >= 4 is 5.82 Å². The van der Waals surface area contributed by atoms with Gasteiger partial charge in [-0.1, -0.05) is 0 Å². The first-order valence-electron chi connectivity index (χ1n) is 5.79. The van der Waals surface area contributed by atoms with Crippen LogP contribution in [0.15, 0.2) is 6.07 Å². The van der Waals surface area contributed by atoms with Gasteiger partial charge in [0.15, 0.2) is 6.29 Å². The van der Waals surface area contributed by atoms with Gasteiger partial charge in [0, 0.05) is 12.7 Å². The van der Waals surface area contributed by atoms with Gasteiger partial charge < -0.3 is 15.2 Å². The van der Waals surface area contributed by atoms with Crippen molar-refractivity contribution < 1.29 is 9.47 Å². The van der Waals surface area contributed by atoms with E-state index in [1.54, 1.807) is 4.68 Å². The Bertz CT molecular complexity index is 332. The van der Waals surface area contributed by atoms with Gasteiger partial charge in [0.25, 0.3) is 0 Å². The highest BCUT2D eigenvalue weighted by Gasteiger charge is 2.13. The van der Waals surface area contributed by atoms with E-state index in [0.717, 1.165) is 25.1 Å². The molecule has 0 amide bonds. The van der Waals surface area contributed by atoms with Crippen molar-refractivity contribution in [3.05, 3.63) is 11.8 Å². The summed E-state index contributed by atoms with van der Waals surface area (Å²) in [7, 11) is 0. The summed E-state index contributed by atoms with van der Waals surface area (Å²) in [6, 6.07) is 1.86. The highest BCUT2D eigenvalue weighted by Crippen LogP contribution is 2.13. The van der Waals surface area contributed by atoms with Crippen LogP contribution < -0.4 is 5.73 Å². The Morgan fingerprint density at radius 3 is 3.12 bits per heavy atom. The van der Waals surface area contributed by atoms with E-state index >= 15 is 0 Å². The summed E-state index contributed by atoms with van der Waals surface area (Å²) < 4.78 is 12.8. The number of nitrogens with two attached hydrogens (primary N) is 1. The lowest BCUT2D eigenvalue weighted by Gasteiger charge is -2.22. The number of hydrogen-bond acceptors (Lipinski definition) is 4. The van der Waals surface area contributed by atoms with E-state index in [1.165, 1.54) is 6.42 Å². The molecule has 1 atom stereocenters. The molecule has 1 aromatic heterocycles. The predicted molar refractivity (Wildman–Crippen MR) is 60.9 cm³/mol. The fraction of sp³-hybridized carbons (Fsp3) is 0.727. The molecule has 0 aliphatic carbocycles. The van der Waals surface area contributed by atoms with Gasteiger partial charge in [-0.2, -0.15) is 5.10 Å². The molecule has 1 aliphatic rings. The molecular weight excluding hydrogens is 206 g/mol. The Labute approximate surface area is 95.5 Å².